The standard InChI is InChI=1S/C23H23N3O2/c1-18-6-5-9-21(14-18)24-16-23(27)26-25-15-19-10-12-22(13-11-19)28-17-20-7-3-2-4-8-20/h2-15,24H,16-17H2,1H3,(H,26,27)/b25-15-. The first-order valence-corrected chi connectivity index (χ1v) is 9.08. The van der Waals surface area contributed by atoms with E-state index in [1.54, 1.807) is 6.21 Å². The third-order valence-corrected chi connectivity index (χ3v) is 4.00. The van der Waals surface area contributed by atoms with Crippen LogP contribution in [0.5, 0.6) is 5.75 Å². The van der Waals surface area contributed by atoms with Crippen molar-refractivity contribution in [3.05, 3.63) is 95.6 Å². The molecule has 0 fully saturated rings. The van der Waals surface area contributed by atoms with Crippen LogP contribution in [0, 0.1) is 6.92 Å². The van der Waals surface area contributed by atoms with E-state index in [0.717, 1.165) is 28.1 Å². The minimum Gasteiger partial charge on any atom is -0.489 e. The topological polar surface area (TPSA) is 62.7 Å². The highest BCUT2D eigenvalue weighted by Gasteiger charge is 2.00. The SMILES string of the molecule is Cc1cccc(NCC(=O)N/N=C\c2ccc(OCc3ccccc3)cc2)c1. The smallest absolute Gasteiger partial charge is 0.259 e. The minimum absolute atomic E-state index is 0.160. The number of carbonyl (C=O) groups is 1. The summed E-state index contributed by atoms with van der Waals surface area (Å²) in [7, 11) is 0. The molecule has 3 aromatic carbocycles. The average molecular weight is 373 g/mol. The molecule has 28 heavy (non-hydrogen) atoms. The van der Waals surface area contributed by atoms with Crippen molar-refractivity contribution in [2.24, 2.45) is 5.10 Å². The van der Waals surface area contributed by atoms with Gasteiger partial charge in [-0.15, -0.1) is 0 Å². The van der Waals surface area contributed by atoms with Crippen molar-refractivity contribution in [1.29, 1.82) is 0 Å². The van der Waals surface area contributed by atoms with Gasteiger partial charge in [-0.2, -0.15) is 5.10 Å². The van der Waals surface area contributed by atoms with Gasteiger partial charge in [-0.25, -0.2) is 5.43 Å². The van der Waals surface area contributed by atoms with Crippen LogP contribution >= 0.6 is 0 Å². The van der Waals surface area contributed by atoms with E-state index in [9.17, 15) is 4.79 Å². The molecule has 0 aliphatic heterocycles. The van der Waals surface area contributed by atoms with Crippen LogP contribution in [0.1, 0.15) is 16.7 Å². The van der Waals surface area contributed by atoms with Crippen molar-refractivity contribution < 1.29 is 9.53 Å². The summed E-state index contributed by atoms with van der Waals surface area (Å²) in [6.07, 6.45) is 1.60. The van der Waals surface area contributed by atoms with Crippen molar-refractivity contribution in [2.45, 2.75) is 13.5 Å². The summed E-state index contributed by atoms with van der Waals surface area (Å²) in [6, 6.07) is 25.4. The number of benzene rings is 3. The summed E-state index contributed by atoms with van der Waals surface area (Å²) in [5.41, 5.74) is 6.55. The number of hydrogen-bond acceptors (Lipinski definition) is 4. The van der Waals surface area contributed by atoms with E-state index in [2.05, 4.69) is 15.8 Å². The number of carbonyl (C=O) groups excluding carboxylic acids is 1. The maximum Gasteiger partial charge on any atom is 0.259 e. The third-order valence-electron chi connectivity index (χ3n) is 4.00. The van der Waals surface area contributed by atoms with Gasteiger partial charge >= 0.3 is 0 Å². The molecular formula is C23H23N3O2. The van der Waals surface area contributed by atoms with Crippen molar-refractivity contribution in [3.8, 4) is 5.75 Å². The van der Waals surface area contributed by atoms with E-state index in [1.165, 1.54) is 0 Å². The zero-order chi connectivity index (χ0) is 19.6. The highest BCUT2D eigenvalue weighted by atomic mass is 16.5. The van der Waals surface area contributed by atoms with Gasteiger partial charge in [0.1, 0.15) is 12.4 Å². The fraction of sp³-hybridized carbons (Fsp3) is 0.130. The molecule has 0 aliphatic carbocycles. The van der Waals surface area contributed by atoms with E-state index in [4.69, 9.17) is 4.74 Å². The largest absolute Gasteiger partial charge is 0.489 e. The molecule has 0 heterocycles. The van der Waals surface area contributed by atoms with Crippen LogP contribution < -0.4 is 15.5 Å². The summed E-state index contributed by atoms with van der Waals surface area (Å²) in [5, 5.41) is 7.06. The van der Waals surface area contributed by atoms with E-state index < -0.39 is 0 Å². The molecule has 3 rings (SSSR count). The van der Waals surface area contributed by atoms with Gasteiger partial charge in [0.2, 0.25) is 0 Å². The normalized spacial score (nSPS) is 10.6. The summed E-state index contributed by atoms with van der Waals surface area (Å²) < 4.78 is 5.75. The van der Waals surface area contributed by atoms with Gasteiger partial charge < -0.3 is 10.1 Å². The first-order valence-electron chi connectivity index (χ1n) is 9.08. The lowest BCUT2D eigenvalue weighted by atomic mass is 10.2. The molecule has 3 aromatic rings. The Balaban J connectivity index is 1.42. The second kappa shape index (κ2) is 9.92. The quantitative estimate of drug-likeness (QED) is 0.461. The van der Waals surface area contributed by atoms with Crippen molar-refractivity contribution >= 4 is 17.8 Å². The Morgan fingerprint density at radius 3 is 2.54 bits per heavy atom. The van der Waals surface area contributed by atoms with E-state index in [0.29, 0.717) is 6.61 Å². The molecule has 2 N–H and O–H groups in total. The molecular weight excluding hydrogens is 350 g/mol. The van der Waals surface area contributed by atoms with Crippen LogP contribution in [0.3, 0.4) is 0 Å². The van der Waals surface area contributed by atoms with Gasteiger partial charge in [-0.3, -0.25) is 4.79 Å². The lowest BCUT2D eigenvalue weighted by molar-refractivity contribution is -0.119. The Labute approximate surface area is 165 Å². The fourth-order valence-electron chi connectivity index (χ4n) is 2.55. The second-order valence-corrected chi connectivity index (χ2v) is 6.36. The summed E-state index contributed by atoms with van der Waals surface area (Å²) in [4.78, 5) is 11.9. The van der Waals surface area contributed by atoms with Crippen molar-refractivity contribution in [3.63, 3.8) is 0 Å². The fourth-order valence-corrected chi connectivity index (χ4v) is 2.55. The highest BCUT2D eigenvalue weighted by molar-refractivity contribution is 5.84. The van der Waals surface area contributed by atoms with Gasteiger partial charge in [-0.05, 0) is 60.0 Å². The Kier molecular flexibility index (Phi) is 6.79. The molecule has 0 aliphatic rings. The maximum absolute atomic E-state index is 11.9. The molecule has 5 heteroatoms. The van der Waals surface area contributed by atoms with Crippen LogP contribution in [-0.2, 0) is 11.4 Å². The molecule has 0 unspecified atom stereocenters. The van der Waals surface area contributed by atoms with Gasteiger partial charge in [0, 0.05) is 5.69 Å². The number of nitrogens with one attached hydrogen (secondary N) is 2. The van der Waals surface area contributed by atoms with Crippen LogP contribution in [0.2, 0.25) is 0 Å². The molecule has 1 amide bonds. The zero-order valence-corrected chi connectivity index (χ0v) is 15.8. The molecule has 0 bridgehead atoms. The lowest BCUT2D eigenvalue weighted by Gasteiger charge is -2.06. The molecule has 0 spiro atoms. The Morgan fingerprint density at radius 2 is 1.79 bits per heavy atom. The predicted molar refractivity (Wildman–Crippen MR) is 113 cm³/mol. The Morgan fingerprint density at radius 1 is 1.00 bits per heavy atom. The Hall–Kier alpha value is -3.60. The molecule has 5 nitrogen and oxygen atoms in total. The first-order chi connectivity index (χ1) is 13.7. The number of rotatable bonds is 8. The molecule has 0 aromatic heterocycles. The summed E-state index contributed by atoms with van der Waals surface area (Å²) >= 11 is 0. The molecule has 0 radical (unpaired) electrons. The van der Waals surface area contributed by atoms with E-state index in [-0.39, 0.29) is 12.5 Å². The number of ether oxygens (including phenoxy) is 1. The van der Waals surface area contributed by atoms with Crippen LogP contribution in [0.25, 0.3) is 0 Å². The molecule has 0 saturated carbocycles. The van der Waals surface area contributed by atoms with E-state index >= 15 is 0 Å². The lowest BCUT2D eigenvalue weighted by Crippen LogP contribution is -2.25. The highest BCUT2D eigenvalue weighted by Crippen LogP contribution is 2.13. The maximum atomic E-state index is 11.9. The minimum atomic E-state index is -0.208. The summed E-state index contributed by atoms with van der Waals surface area (Å²) in [5.74, 6) is 0.577. The van der Waals surface area contributed by atoms with Gasteiger partial charge in [0.05, 0.1) is 12.8 Å². The first kappa shape index (κ1) is 19.2. The van der Waals surface area contributed by atoms with Crippen LogP contribution in [0.4, 0.5) is 5.69 Å². The van der Waals surface area contributed by atoms with Gasteiger partial charge in [-0.1, -0.05) is 42.5 Å². The predicted octanol–water partition coefficient (Wildman–Crippen LogP) is 4.14. The number of hydrogen-bond donors (Lipinski definition) is 2. The summed E-state index contributed by atoms with van der Waals surface area (Å²) in [6.45, 7) is 2.69. The Bertz CT molecular complexity index is 922. The number of amides is 1. The van der Waals surface area contributed by atoms with Crippen LogP contribution in [0.15, 0.2) is 84.0 Å². The second-order valence-electron chi connectivity index (χ2n) is 6.36. The van der Waals surface area contributed by atoms with E-state index in [1.807, 2.05) is 85.8 Å². The van der Waals surface area contributed by atoms with Crippen molar-refractivity contribution in [2.75, 3.05) is 11.9 Å². The third kappa shape index (κ3) is 6.29. The number of aryl methyl sites for hydroxylation is 1. The molecule has 142 valence electrons. The average Bonchev–Trinajstić information content (AvgIpc) is 2.72. The number of nitrogens with zero attached hydrogens (tertiary/aromatic N) is 1. The zero-order valence-electron chi connectivity index (χ0n) is 15.8. The number of hydrazone groups is 1. The van der Waals surface area contributed by atoms with Gasteiger partial charge in [0.25, 0.3) is 5.91 Å². The molecule has 0 saturated heterocycles. The van der Waals surface area contributed by atoms with Crippen LogP contribution in [-0.4, -0.2) is 18.7 Å². The van der Waals surface area contributed by atoms with Gasteiger partial charge in [0.15, 0.2) is 0 Å². The number of anilines is 1. The van der Waals surface area contributed by atoms with Crippen molar-refractivity contribution in [1.82, 2.24) is 5.43 Å². The monoisotopic (exact) mass is 373 g/mol. The molecule has 0 atom stereocenters.